The first-order chi connectivity index (χ1) is 13.5. The lowest BCUT2D eigenvalue weighted by molar-refractivity contribution is 0.288. The number of hydrogen-bond acceptors (Lipinski definition) is 6. The van der Waals surface area contributed by atoms with E-state index in [9.17, 15) is 0 Å². The molecule has 0 saturated carbocycles. The molecule has 0 aliphatic rings. The Bertz CT molecular complexity index is 1160. The van der Waals surface area contributed by atoms with Gasteiger partial charge in [0.05, 0.1) is 18.4 Å². The molecule has 0 aliphatic heterocycles. The second kappa shape index (κ2) is 6.99. The summed E-state index contributed by atoms with van der Waals surface area (Å²) < 4.78 is 18.9. The highest BCUT2D eigenvalue weighted by molar-refractivity contribution is 5.82. The predicted octanol–water partition coefficient (Wildman–Crippen LogP) is 4.14. The number of ether oxygens (including phenoxy) is 2. The van der Waals surface area contributed by atoms with E-state index in [1.54, 1.807) is 11.8 Å². The van der Waals surface area contributed by atoms with E-state index < -0.39 is 0 Å². The van der Waals surface area contributed by atoms with Crippen molar-refractivity contribution in [1.82, 2.24) is 19.7 Å². The van der Waals surface area contributed by atoms with Crippen molar-refractivity contribution in [2.24, 2.45) is 7.05 Å². The number of pyridine rings is 1. The molecule has 0 fully saturated rings. The van der Waals surface area contributed by atoms with E-state index in [-0.39, 0.29) is 6.61 Å². The van der Waals surface area contributed by atoms with Gasteiger partial charge >= 0.3 is 0 Å². The number of oxazole rings is 1. The second-order valence-electron chi connectivity index (χ2n) is 6.70. The molecule has 4 aromatic rings. The summed E-state index contributed by atoms with van der Waals surface area (Å²) in [5.41, 5.74) is 4.38. The number of nitrogens with zero attached hydrogens (tertiary/aromatic N) is 4. The number of benzene rings is 1. The minimum atomic E-state index is 0.263. The highest BCUT2D eigenvalue weighted by Crippen LogP contribution is 2.31. The molecular weight excluding hydrogens is 356 g/mol. The fourth-order valence-electron chi connectivity index (χ4n) is 3.34. The molecule has 0 atom stereocenters. The van der Waals surface area contributed by atoms with Crippen molar-refractivity contribution in [2.75, 3.05) is 7.11 Å². The van der Waals surface area contributed by atoms with Crippen LogP contribution in [0.25, 0.3) is 22.5 Å². The molecule has 0 spiro atoms. The van der Waals surface area contributed by atoms with Crippen LogP contribution in [0.15, 0.2) is 34.7 Å². The Morgan fingerprint density at radius 1 is 1.11 bits per heavy atom. The van der Waals surface area contributed by atoms with Crippen molar-refractivity contribution in [3.05, 3.63) is 53.0 Å². The fourth-order valence-corrected chi connectivity index (χ4v) is 3.34. The number of para-hydroxylation sites is 1. The van der Waals surface area contributed by atoms with Gasteiger partial charge in [-0.3, -0.25) is 4.68 Å². The third-order valence-electron chi connectivity index (χ3n) is 4.73. The Hall–Kier alpha value is -3.35. The molecule has 7 heteroatoms. The lowest BCUT2D eigenvalue weighted by Crippen LogP contribution is -2.01. The van der Waals surface area contributed by atoms with Crippen LogP contribution in [0.4, 0.5) is 0 Å². The molecule has 7 nitrogen and oxygen atoms in total. The van der Waals surface area contributed by atoms with Gasteiger partial charge in [-0.2, -0.15) is 10.1 Å². The van der Waals surface area contributed by atoms with Crippen LogP contribution >= 0.6 is 0 Å². The molecular formula is C21H22N4O3. The molecule has 0 aliphatic carbocycles. The molecule has 1 aromatic carbocycles. The van der Waals surface area contributed by atoms with Crippen LogP contribution in [0, 0.1) is 20.8 Å². The Labute approximate surface area is 162 Å². The molecule has 0 unspecified atom stereocenters. The van der Waals surface area contributed by atoms with Crippen LogP contribution in [0.3, 0.4) is 0 Å². The number of methoxy groups -OCH3 is 1. The van der Waals surface area contributed by atoms with Crippen LogP contribution in [0.2, 0.25) is 0 Å². The van der Waals surface area contributed by atoms with Crippen LogP contribution < -0.4 is 9.47 Å². The van der Waals surface area contributed by atoms with E-state index in [1.807, 2.05) is 58.2 Å². The van der Waals surface area contributed by atoms with Crippen molar-refractivity contribution >= 4 is 11.0 Å². The van der Waals surface area contributed by atoms with Gasteiger partial charge in [-0.05, 0) is 38.5 Å². The summed E-state index contributed by atoms with van der Waals surface area (Å²) in [4.78, 5) is 9.19. The van der Waals surface area contributed by atoms with Crippen LogP contribution in [0.1, 0.15) is 22.7 Å². The van der Waals surface area contributed by atoms with E-state index in [0.29, 0.717) is 23.3 Å². The van der Waals surface area contributed by atoms with Gasteiger partial charge in [0.15, 0.2) is 5.65 Å². The normalized spacial score (nSPS) is 11.2. The van der Waals surface area contributed by atoms with Gasteiger partial charge in [-0.25, -0.2) is 4.98 Å². The highest BCUT2D eigenvalue weighted by atomic mass is 16.5. The molecule has 4 rings (SSSR count). The molecule has 0 saturated heterocycles. The number of fused-ring (bicyclic) bond motifs is 1. The first kappa shape index (κ1) is 18.0. The van der Waals surface area contributed by atoms with Crippen LogP contribution in [0.5, 0.6) is 11.6 Å². The molecule has 0 bridgehead atoms. The Morgan fingerprint density at radius 3 is 2.68 bits per heavy atom. The standard InChI is InChI=1S/C21H22N4O3/c1-12-10-18(23-20-19(12)13(2)24-25(20)4)27-11-16-14(3)28-21(22-16)15-8-6-7-9-17(15)26-5/h6-10H,11H2,1-5H3. The zero-order valence-corrected chi connectivity index (χ0v) is 16.6. The molecule has 144 valence electrons. The maximum Gasteiger partial charge on any atom is 0.230 e. The summed E-state index contributed by atoms with van der Waals surface area (Å²) in [6.45, 7) is 6.15. The van der Waals surface area contributed by atoms with Crippen LogP contribution in [-0.4, -0.2) is 26.9 Å². The molecule has 28 heavy (non-hydrogen) atoms. The summed E-state index contributed by atoms with van der Waals surface area (Å²) in [7, 11) is 3.51. The van der Waals surface area contributed by atoms with Gasteiger partial charge < -0.3 is 13.9 Å². The number of rotatable bonds is 5. The van der Waals surface area contributed by atoms with Crippen molar-refractivity contribution < 1.29 is 13.9 Å². The lowest BCUT2D eigenvalue weighted by Gasteiger charge is -2.06. The van der Waals surface area contributed by atoms with E-state index in [4.69, 9.17) is 13.9 Å². The third kappa shape index (κ3) is 3.09. The molecule has 0 N–H and O–H groups in total. The summed E-state index contributed by atoms with van der Waals surface area (Å²) >= 11 is 0. The zero-order valence-electron chi connectivity index (χ0n) is 16.6. The van der Waals surface area contributed by atoms with Gasteiger partial charge in [-0.15, -0.1) is 0 Å². The topological polar surface area (TPSA) is 75.2 Å². The predicted molar refractivity (Wildman–Crippen MR) is 106 cm³/mol. The number of hydrogen-bond donors (Lipinski definition) is 0. The van der Waals surface area contributed by atoms with Crippen molar-refractivity contribution in [3.63, 3.8) is 0 Å². The molecule has 0 radical (unpaired) electrons. The van der Waals surface area contributed by atoms with Crippen molar-refractivity contribution in [3.8, 4) is 23.1 Å². The first-order valence-electron chi connectivity index (χ1n) is 9.01. The third-order valence-corrected chi connectivity index (χ3v) is 4.73. The van der Waals surface area contributed by atoms with E-state index in [1.165, 1.54) is 0 Å². The molecule has 0 amide bonds. The second-order valence-corrected chi connectivity index (χ2v) is 6.70. The van der Waals surface area contributed by atoms with E-state index in [2.05, 4.69) is 15.1 Å². The zero-order chi connectivity index (χ0) is 19.8. The largest absolute Gasteiger partial charge is 0.496 e. The Balaban J connectivity index is 1.60. The average Bonchev–Trinajstić information content (AvgIpc) is 3.19. The van der Waals surface area contributed by atoms with Gasteiger partial charge in [0.25, 0.3) is 0 Å². The average molecular weight is 378 g/mol. The van der Waals surface area contributed by atoms with Gasteiger partial charge in [-0.1, -0.05) is 12.1 Å². The summed E-state index contributed by atoms with van der Waals surface area (Å²) in [6, 6.07) is 9.55. The number of aryl methyl sites for hydroxylation is 4. The maximum absolute atomic E-state index is 5.93. The quantitative estimate of drug-likeness (QED) is 0.520. The first-order valence-corrected chi connectivity index (χ1v) is 9.01. The smallest absolute Gasteiger partial charge is 0.230 e. The van der Waals surface area contributed by atoms with E-state index in [0.717, 1.165) is 33.5 Å². The number of aromatic nitrogens is 4. The van der Waals surface area contributed by atoms with Crippen molar-refractivity contribution in [1.29, 1.82) is 0 Å². The van der Waals surface area contributed by atoms with Gasteiger partial charge in [0.2, 0.25) is 11.8 Å². The Kier molecular flexibility index (Phi) is 4.50. The summed E-state index contributed by atoms with van der Waals surface area (Å²) in [6.07, 6.45) is 0. The summed E-state index contributed by atoms with van der Waals surface area (Å²) in [5, 5.41) is 5.50. The van der Waals surface area contributed by atoms with E-state index >= 15 is 0 Å². The van der Waals surface area contributed by atoms with Gasteiger partial charge in [0, 0.05) is 18.5 Å². The monoisotopic (exact) mass is 378 g/mol. The molecule has 3 aromatic heterocycles. The highest BCUT2D eigenvalue weighted by Gasteiger charge is 2.16. The summed E-state index contributed by atoms with van der Waals surface area (Å²) in [5.74, 6) is 2.46. The Morgan fingerprint density at radius 2 is 1.89 bits per heavy atom. The fraction of sp³-hybridized carbons (Fsp3) is 0.286. The van der Waals surface area contributed by atoms with Crippen molar-refractivity contribution in [2.45, 2.75) is 27.4 Å². The lowest BCUT2D eigenvalue weighted by atomic mass is 10.2. The molecule has 3 heterocycles. The van der Waals surface area contributed by atoms with Gasteiger partial charge in [0.1, 0.15) is 23.8 Å². The van der Waals surface area contributed by atoms with Crippen LogP contribution in [-0.2, 0) is 13.7 Å². The minimum Gasteiger partial charge on any atom is -0.496 e. The SMILES string of the molecule is COc1ccccc1-c1nc(COc2cc(C)c3c(C)nn(C)c3n2)c(C)o1. The maximum atomic E-state index is 5.93. The minimum absolute atomic E-state index is 0.263.